The van der Waals surface area contributed by atoms with Crippen LogP contribution in [0.4, 0.5) is 4.79 Å². The summed E-state index contributed by atoms with van der Waals surface area (Å²) >= 11 is 0. The van der Waals surface area contributed by atoms with Crippen molar-refractivity contribution in [3.8, 4) is 5.75 Å². The zero-order valence-corrected chi connectivity index (χ0v) is 22.7. The van der Waals surface area contributed by atoms with Crippen LogP contribution in [-0.4, -0.2) is 55.6 Å². The number of benzene rings is 2. The van der Waals surface area contributed by atoms with Gasteiger partial charge in [0.05, 0.1) is 23.0 Å². The second kappa shape index (κ2) is 11.5. The van der Waals surface area contributed by atoms with Gasteiger partial charge in [-0.1, -0.05) is 12.1 Å². The highest BCUT2D eigenvalue weighted by Gasteiger charge is 2.28. The maximum atomic E-state index is 13.1. The zero-order chi connectivity index (χ0) is 28.2. The number of aromatic nitrogens is 2. The van der Waals surface area contributed by atoms with Gasteiger partial charge in [-0.2, -0.15) is 0 Å². The normalized spacial score (nSPS) is 12.1. The number of sulfonamides is 1. The van der Waals surface area contributed by atoms with E-state index in [0.29, 0.717) is 28.0 Å². The maximum absolute atomic E-state index is 13.1. The fraction of sp³-hybridized carbons (Fsp3) is 0.360. The van der Waals surface area contributed by atoms with E-state index in [2.05, 4.69) is 15.0 Å². The lowest BCUT2D eigenvalue weighted by Crippen LogP contribution is -2.41. The van der Waals surface area contributed by atoms with Crippen LogP contribution in [0.25, 0.3) is 11.0 Å². The summed E-state index contributed by atoms with van der Waals surface area (Å²) in [6.07, 6.45) is -1.95. The first-order chi connectivity index (χ1) is 17.9. The summed E-state index contributed by atoms with van der Waals surface area (Å²) in [6.45, 7) is 5.21. The van der Waals surface area contributed by atoms with Crippen LogP contribution >= 0.6 is 0 Å². The minimum absolute atomic E-state index is 0.0744. The number of rotatable bonds is 10. The number of methoxy groups -OCH3 is 1. The molecule has 0 spiro atoms. The number of para-hydroxylation sites is 2. The van der Waals surface area contributed by atoms with E-state index in [1.807, 2.05) is 12.1 Å². The second-order valence-corrected chi connectivity index (χ2v) is 10.4. The molecule has 0 aliphatic rings. The largest absolute Gasteiger partial charge is 0.496 e. The first-order valence-corrected chi connectivity index (χ1v) is 13.3. The predicted octanol–water partition coefficient (Wildman–Crippen LogP) is 2.44. The van der Waals surface area contributed by atoms with E-state index in [-0.39, 0.29) is 30.1 Å². The predicted molar refractivity (Wildman–Crippen MR) is 142 cm³/mol. The standard InChI is InChI=1S/C25H32N6O6S/c1-14-13-20(36-5)15(2)16(3)22(14)38(34,35)30-24(26)28-12-8-11-19(37-25(27)33)21(32)23-29-17-9-6-7-10-18(17)31(23)4/h6-7,9-10,13,19H,8,11-12H2,1-5H3,(H2,27,33)(H3,26,28,30)/t19-/m0/s1. The van der Waals surface area contributed by atoms with E-state index in [1.165, 1.54) is 7.11 Å². The number of nitrogens with zero attached hydrogens (tertiary/aromatic N) is 2. The van der Waals surface area contributed by atoms with Gasteiger partial charge in [0.2, 0.25) is 11.7 Å². The Bertz CT molecular complexity index is 1500. The van der Waals surface area contributed by atoms with Crippen LogP contribution in [0, 0.1) is 26.2 Å². The fourth-order valence-electron chi connectivity index (χ4n) is 4.26. The number of imidazole rings is 1. The number of aryl methyl sites for hydroxylation is 2. The lowest BCUT2D eigenvalue weighted by Gasteiger charge is -2.18. The third-order valence-electron chi connectivity index (χ3n) is 6.21. The van der Waals surface area contributed by atoms with Crippen molar-refractivity contribution in [2.75, 3.05) is 13.7 Å². The highest BCUT2D eigenvalue weighted by molar-refractivity contribution is 7.90. The Balaban J connectivity index is 1.63. The highest BCUT2D eigenvalue weighted by atomic mass is 32.2. The molecule has 1 atom stereocenters. The number of hydrogen-bond donors (Lipinski definition) is 4. The van der Waals surface area contributed by atoms with E-state index in [9.17, 15) is 18.0 Å². The van der Waals surface area contributed by atoms with Crippen LogP contribution in [0.2, 0.25) is 0 Å². The number of nitrogens with one attached hydrogen (secondary N) is 3. The summed E-state index contributed by atoms with van der Waals surface area (Å²) in [7, 11) is -0.849. The van der Waals surface area contributed by atoms with Crippen LogP contribution in [0.5, 0.6) is 5.75 Å². The number of guanidine groups is 1. The van der Waals surface area contributed by atoms with E-state index >= 15 is 0 Å². The van der Waals surface area contributed by atoms with Crippen LogP contribution in [0.1, 0.15) is 40.2 Å². The van der Waals surface area contributed by atoms with Crippen molar-refractivity contribution in [2.45, 2.75) is 44.6 Å². The van der Waals surface area contributed by atoms with E-state index in [1.54, 1.807) is 50.6 Å². The van der Waals surface area contributed by atoms with Crippen LogP contribution in [0.3, 0.4) is 0 Å². The topological polar surface area (TPSA) is 178 Å². The quantitative estimate of drug-likeness (QED) is 0.130. The van der Waals surface area contributed by atoms with Gasteiger partial charge in [-0.25, -0.2) is 22.9 Å². The van der Waals surface area contributed by atoms with Gasteiger partial charge in [-0.05, 0) is 68.5 Å². The van der Waals surface area contributed by atoms with Gasteiger partial charge in [-0.3, -0.25) is 10.2 Å². The van der Waals surface area contributed by atoms with Crippen LogP contribution in [-0.2, 0) is 21.8 Å². The van der Waals surface area contributed by atoms with Gasteiger partial charge in [0.15, 0.2) is 11.9 Å². The molecule has 0 radical (unpaired) electrons. The Hall–Kier alpha value is -4.13. The zero-order valence-electron chi connectivity index (χ0n) is 21.9. The van der Waals surface area contributed by atoms with Gasteiger partial charge < -0.3 is 25.1 Å². The third kappa shape index (κ3) is 6.05. The molecule has 0 aliphatic heterocycles. The van der Waals surface area contributed by atoms with Crippen molar-refractivity contribution in [3.63, 3.8) is 0 Å². The van der Waals surface area contributed by atoms with Crippen molar-refractivity contribution >= 4 is 38.9 Å². The Morgan fingerprint density at radius 3 is 2.50 bits per heavy atom. The Morgan fingerprint density at radius 2 is 1.87 bits per heavy atom. The summed E-state index contributed by atoms with van der Waals surface area (Å²) in [4.78, 5) is 29.0. The number of hydrogen-bond acceptors (Lipinski definition) is 8. The van der Waals surface area contributed by atoms with Crippen molar-refractivity contribution < 1.29 is 27.5 Å². The van der Waals surface area contributed by atoms with Crippen molar-refractivity contribution in [3.05, 3.63) is 52.8 Å². The lowest BCUT2D eigenvalue weighted by molar-refractivity contribution is 0.0618. The van der Waals surface area contributed by atoms with Gasteiger partial charge in [-0.15, -0.1) is 0 Å². The molecule has 204 valence electrons. The molecule has 1 aromatic heterocycles. The Kier molecular flexibility index (Phi) is 8.61. The van der Waals surface area contributed by atoms with Gasteiger partial charge in [0.25, 0.3) is 10.0 Å². The van der Waals surface area contributed by atoms with Crippen molar-refractivity contribution in [1.82, 2.24) is 19.6 Å². The molecule has 1 heterocycles. The van der Waals surface area contributed by atoms with E-state index in [4.69, 9.17) is 20.6 Å². The molecule has 38 heavy (non-hydrogen) atoms. The van der Waals surface area contributed by atoms with Crippen LogP contribution in [0.15, 0.2) is 35.2 Å². The molecule has 0 saturated carbocycles. The smallest absolute Gasteiger partial charge is 0.405 e. The molecule has 3 aromatic rings. The van der Waals surface area contributed by atoms with E-state index in [0.717, 1.165) is 5.52 Å². The molecular weight excluding hydrogens is 512 g/mol. The molecule has 0 unspecified atom stereocenters. The summed E-state index contributed by atoms with van der Waals surface area (Å²) in [6, 6.07) is 8.84. The molecule has 0 bridgehead atoms. The number of ketones is 1. The number of primary amides is 1. The number of ether oxygens (including phenoxy) is 2. The highest BCUT2D eigenvalue weighted by Crippen LogP contribution is 2.30. The lowest BCUT2D eigenvalue weighted by atomic mass is 10.1. The van der Waals surface area contributed by atoms with Gasteiger partial charge in [0, 0.05) is 13.6 Å². The minimum atomic E-state index is -4.05. The summed E-state index contributed by atoms with van der Waals surface area (Å²) in [5, 5.41) is 10.7. The number of carbonyl (C=O) groups is 2. The molecule has 0 fully saturated rings. The first kappa shape index (κ1) is 28.4. The number of amides is 1. The van der Waals surface area contributed by atoms with Crippen LogP contribution < -0.4 is 20.5 Å². The third-order valence-corrected chi connectivity index (χ3v) is 7.85. The summed E-state index contributed by atoms with van der Waals surface area (Å²) < 4.78 is 40.2. The fourth-order valence-corrected chi connectivity index (χ4v) is 5.74. The molecule has 0 aliphatic carbocycles. The van der Waals surface area contributed by atoms with E-state index < -0.39 is 34.0 Å². The average molecular weight is 545 g/mol. The SMILES string of the molecule is COc1cc(C)c(S(=O)(=O)NC(=N)NCCC[C@H](OC(N)=O)C(=O)c2nc3ccccc3n2C)c(C)c1C. The van der Waals surface area contributed by atoms with Gasteiger partial charge in [0.1, 0.15) is 5.75 Å². The summed E-state index contributed by atoms with van der Waals surface area (Å²) in [5.41, 5.74) is 8.23. The molecular formula is C25H32N6O6S. The summed E-state index contributed by atoms with van der Waals surface area (Å²) in [5.74, 6) is -0.259. The second-order valence-electron chi connectivity index (χ2n) is 8.80. The monoisotopic (exact) mass is 544 g/mol. The molecule has 2 aromatic carbocycles. The van der Waals surface area contributed by atoms with Crippen molar-refractivity contribution in [2.24, 2.45) is 12.8 Å². The molecule has 3 rings (SSSR count). The number of fused-ring (bicyclic) bond motifs is 1. The van der Waals surface area contributed by atoms with Gasteiger partial charge >= 0.3 is 6.09 Å². The number of Topliss-reactive ketones (excluding diaryl/α,β-unsaturated/α-hetero) is 1. The molecule has 1 amide bonds. The molecule has 5 N–H and O–H groups in total. The minimum Gasteiger partial charge on any atom is -0.496 e. The average Bonchev–Trinajstić information content (AvgIpc) is 3.18. The number of carbonyl (C=O) groups excluding carboxylic acids is 2. The molecule has 12 nitrogen and oxygen atoms in total. The Morgan fingerprint density at radius 1 is 1.18 bits per heavy atom. The van der Waals surface area contributed by atoms with Crippen molar-refractivity contribution in [1.29, 1.82) is 5.41 Å². The Labute approximate surface area is 221 Å². The first-order valence-electron chi connectivity index (χ1n) is 11.8. The molecule has 0 saturated heterocycles. The molecule has 13 heteroatoms. The number of nitrogens with two attached hydrogens (primary N) is 1. The maximum Gasteiger partial charge on any atom is 0.405 e.